The van der Waals surface area contributed by atoms with Crippen LogP contribution < -0.4 is 0 Å². The molecule has 1 aliphatic heterocycles. The first kappa shape index (κ1) is 20.2. The highest BCUT2D eigenvalue weighted by atomic mass is 35.5. The predicted molar refractivity (Wildman–Crippen MR) is 103 cm³/mol. The number of rotatable bonds is 8. The first-order valence-electron chi connectivity index (χ1n) is 8.71. The average molecular weight is 404 g/mol. The molecule has 1 unspecified atom stereocenters. The number of nitrogens with zero attached hydrogens (tertiary/aromatic N) is 1. The predicted octanol–water partition coefficient (Wildman–Crippen LogP) is 4.04. The lowest BCUT2D eigenvalue weighted by Crippen LogP contribution is -2.23. The van der Waals surface area contributed by atoms with E-state index in [1.807, 2.05) is 30.3 Å². The molecule has 0 saturated carbocycles. The van der Waals surface area contributed by atoms with Gasteiger partial charge in [0.1, 0.15) is 19.0 Å². The highest BCUT2D eigenvalue weighted by Gasteiger charge is 2.40. The summed E-state index contributed by atoms with van der Waals surface area (Å²) in [6.45, 7) is 1.36. The first-order valence-corrected chi connectivity index (χ1v) is 9.09. The van der Waals surface area contributed by atoms with E-state index in [1.165, 1.54) is 12.3 Å². The molecule has 0 aromatic heterocycles. The molecule has 3 rings (SSSR count). The number of halogens is 2. The Morgan fingerprint density at radius 3 is 2.71 bits per heavy atom. The van der Waals surface area contributed by atoms with E-state index in [2.05, 4.69) is 4.99 Å². The topological polar surface area (TPSA) is 65.0 Å². The van der Waals surface area contributed by atoms with Gasteiger partial charge in [0.25, 0.3) is 0 Å². The van der Waals surface area contributed by atoms with Crippen LogP contribution in [0.4, 0.5) is 4.39 Å². The minimum absolute atomic E-state index is 0.0677. The van der Waals surface area contributed by atoms with Crippen molar-refractivity contribution in [1.29, 1.82) is 0 Å². The molecule has 7 heteroatoms. The average Bonchev–Trinajstić information content (AvgIpc) is 2.90. The molecule has 0 amide bonds. The van der Waals surface area contributed by atoms with Crippen LogP contribution in [0.15, 0.2) is 69.6 Å². The molecular weight excluding hydrogens is 385 g/mol. The van der Waals surface area contributed by atoms with Gasteiger partial charge in [-0.05, 0) is 30.2 Å². The molecule has 2 aliphatic rings. The van der Waals surface area contributed by atoms with Crippen molar-refractivity contribution in [2.75, 3.05) is 13.2 Å². The van der Waals surface area contributed by atoms with Crippen molar-refractivity contribution in [2.45, 2.75) is 20.0 Å². The summed E-state index contributed by atoms with van der Waals surface area (Å²) < 4.78 is 24.3. The maximum Gasteiger partial charge on any atom is 0.332 e. The molecule has 1 heterocycles. The summed E-state index contributed by atoms with van der Waals surface area (Å²) in [5.74, 6) is -1.48. The minimum atomic E-state index is -0.867. The van der Waals surface area contributed by atoms with Crippen molar-refractivity contribution in [1.82, 2.24) is 0 Å². The molecule has 1 aromatic carbocycles. The smallest absolute Gasteiger partial charge is 0.332 e. The van der Waals surface area contributed by atoms with Gasteiger partial charge in [-0.1, -0.05) is 41.9 Å². The van der Waals surface area contributed by atoms with Crippen LogP contribution in [0.2, 0.25) is 0 Å². The summed E-state index contributed by atoms with van der Waals surface area (Å²) in [5, 5.41) is 0.376. The number of aliphatic imine (C=N–C) groups is 1. The Labute approximate surface area is 167 Å². The van der Waals surface area contributed by atoms with E-state index in [0.717, 1.165) is 5.56 Å². The van der Waals surface area contributed by atoms with Gasteiger partial charge >= 0.3 is 5.97 Å². The van der Waals surface area contributed by atoms with Crippen LogP contribution in [-0.2, 0) is 25.7 Å². The number of dihydropyridines is 1. The molecule has 0 N–H and O–H groups in total. The van der Waals surface area contributed by atoms with Crippen LogP contribution >= 0.6 is 11.6 Å². The number of Topliss-reactive ketones (excluding diaryl/α,β-unsaturated/α-hetero) is 1. The van der Waals surface area contributed by atoms with Crippen molar-refractivity contribution in [3.05, 3.63) is 70.2 Å². The number of hydrogen-bond donors (Lipinski definition) is 0. The fraction of sp³-hybridized carbons (Fsp3) is 0.286. The highest BCUT2D eigenvalue weighted by Crippen LogP contribution is 2.49. The van der Waals surface area contributed by atoms with Gasteiger partial charge in [-0.3, -0.25) is 9.79 Å². The standard InChI is InChI=1S/C21H19ClFNO4/c1-21-9-16(22)10-24-20(21)18(23)8-15(21)7-17(25)12-28-19(26)13-27-11-14-5-3-2-4-6-14/h2-6,8-10H,7,11-13H2,1H3. The van der Waals surface area contributed by atoms with Crippen molar-refractivity contribution in [3.8, 4) is 0 Å². The zero-order chi connectivity index (χ0) is 20.1. The maximum absolute atomic E-state index is 14.1. The highest BCUT2D eigenvalue weighted by molar-refractivity contribution is 6.39. The zero-order valence-electron chi connectivity index (χ0n) is 15.3. The van der Waals surface area contributed by atoms with Crippen LogP contribution in [0, 0.1) is 5.41 Å². The third-order valence-corrected chi connectivity index (χ3v) is 4.75. The van der Waals surface area contributed by atoms with Gasteiger partial charge in [-0.25, -0.2) is 9.18 Å². The van der Waals surface area contributed by atoms with E-state index in [4.69, 9.17) is 21.1 Å². The Kier molecular flexibility index (Phi) is 6.21. The van der Waals surface area contributed by atoms with Gasteiger partial charge in [0, 0.05) is 12.6 Å². The number of ether oxygens (including phenoxy) is 2. The largest absolute Gasteiger partial charge is 0.456 e. The number of hydrogen-bond acceptors (Lipinski definition) is 5. The van der Waals surface area contributed by atoms with E-state index in [9.17, 15) is 14.0 Å². The maximum atomic E-state index is 14.1. The molecular formula is C21H19ClFNO4. The zero-order valence-corrected chi connectivity index (χ0v) is 16.0. The number of carbonyl (C=O) groups excluding carboxylic acids is 2. The lowest BCUT2D eigenvalue weighted by Gasteiger charge is -2.28. The van der Waals surface area contributed by atoms with E-state index in [1.54, 1.807) is 13.0 Å². The SMILES string of the molecule is CC12C=C(Cl)C=NC1=C(F)C=C2CC(=O)COC(=O)COCc1ccccc1. The van der Waals surface area contributed by atoms with Crippen LogP contribution in [0.3, 0.4) is 0 Å². The van der Waals surface area contributed by atoms with E-state index < -0.39 is 23.8 Å². The second kappa shape index (κ2) is 8.63. The normalized spacial score (nSPS) is 20.5. The molecule has 0 spiro atoms. The Morgan fingerprint density at radius 1 is 1.21 bits per heavy atom. The summed E-state index contributed by atoms with van der Waals surface area (Å²) in [4.78, 5) is 28.0. The Hall–Kier alpha value is -2.57. The number of carbonyl (C=O) groups is 2. The summed E-state index contributed by atoms with van der Waals surface area (Å²) >= 11 is 5.99. The van der Waals surface area contributed by atoms with E-state index in [-0.39, 0.29) is 31.1 Å². The van der Waals surface area contributed by atoms with Crippen molar-refractivity contribution in [3.63, 3.8) is 0 Å². The monoisotopic (exact) mass is 403 g/mol. The van der Waals surface area contributed by atoms with Crippen LogP contribution in [0.1, 0.15) is 18.9 Å². The number of fused-ring (bicyclic) bond motifs is 1. The van der Waals surface area contributed by atoms with Crippen LogP contribution in [0.5, 0.6) is 0 Å². The summed E-state index contributed by atoms with van der Waals surface area (Å²) in [6.07, 6.45) is 4.25. The fourth-order valence-corrected chi connectivity index (χ4v) is 3.36. The summed E-state index contributed by atoms with van der Waals surface area (Å²) in [5.41, 5.74) is 0.816. The lowest BCUT2D eigenvalue weighted by atomic mass is 9.79. The fourth-order valence-electron chi connectivity index (χ4n) is 3.09. The molecule has 0 bridgehead atoms. The molecule has 1 aromatic rings. The molecule has 146 valence electrons. The van der Waals surface area contributed by atoms with Crippen molar-refractivity contribution in [2.24, 2.45) is 10.4 Å². The second-order valence-corrected chi connectivity index (χ2v) is 7.15. The Bertz CT molecular complexity index is 904. The molecule has 0 radical (unpaired) electrons. The molecule has 28 heavy (non-hydrogen) atoms. The number of benzene rings is 1. The van der Waals surface area contributed by atoms with Gasteiger partial charge in [0.2, 0.25) is 0 Å². The van der Waals surface area contributed by atoms with Crippen molar-refractivity contribution < 1.29 is 23.5 Å². The Morgan fingerprint density at radius 2 is 1.96 bits per heavy atom. The molecule has 5 nitrogen and oxygen atoms in total. The number of esters is 1. The van der Waals surface area contributed by atoms with Gasteiger partial charge in [-0.15, -0.1) is 0 Å². The molecule has 0 saturated heterocycles. The lowest BCUT2D eigenvalue weighted by molar-refractivity contribution is -0.152. The van der Waals surface area contributed by atoms with Crippen LogP contribution in [-0.4, -0.2) is 31.2 Å². The number of ketones is 1. The Balaban J connectivity index is 1.45. The second-order valence-electron chi connectivity index (χ2n) is 6.71. The summed E-state index contributed by atoms with van der Waals surface area (Å²) in [6, 6.07) is 9.38. The quantitative estimate of drug-likeness (QED) is 0.614. The molecule has 1 atom stereocenters. The van der Waals surface area contributed by atoms with Gasteiger partial charge in [-0.2, -0.15) is 0 Å². The van der Waals surface area contributed by atoms with Crippen molar-refractivity contribution >= 4 is 29.6 Å². The molecule has 0 fully saturated rings. The summed E-state index contributed by atoms with van der Waals surface area (Å²) in [7, 11) is 0. The minimum Gasteiger partial charge on any atom is -0.456 e. The first-order chi connectivity index (χ1) is 13.4. The van der Waals surface area contributed by atoms with Gasteiger partial charge in [0.05, 0.1) is 22.8 Å². The third kappa shape index (κ3) is 4.64. The number of allylic oxidation sites excluding steroid dienone is 4. The van der Waals surface area contributed by atoms with Crippen LogP contribution in [0.25, 0.3) is 0 Å². The third-order valence-electron chi connectivity index (χ3n) is 4.54. The molecule has 1 aliphatic carbocycles. The van der Waals surface area contributed by atoms with Gasteiger partial charge in [0.15, 0.2) is 5.78 Å². The van der Waals surface area contributed by atoms with E-state index >= 15 is 0 Å². The van der Waals surface area contributed by atoms with Gasteiger partial charge < -0.3 is 9.47 Å². The van der Waals surface area contributed by atoms with E-state index in [0.29, 0.717) is 10.6 Å².